The number of amides is 1. The zero-order valence-electron chi connectivity index (χ0n) is 27.5. The first kappa shape index (κ1) is 35.5. The lowest BCUT2D eigenvalue weighted by Crippen LogP contribution is -2.46. The van der Waals surface area contributed by atoms with Gasteiger partial charge in [0.05, 0.1) is 4.90 Å². The number of thioether (sulfide) groups is 1. The normalized spacial score (nSPS) is 16.5. The second-order valence-electron chi connectivity index (χ2n) is 12.6. The molecule has 1 amide bonds. The number of aryl methyl sites for hydroxylation is 1. The van der Waals surface area contributed by atoms with Crippen LogP contribution < -0.4 is 14.9 Å². The first-order valence-corrected chi connectivity index (χ1v) is 19.5. The number of carbonyl (C=O) groups is 1. The van der Waals surface area contributed by atoms with Crippen molar-refractivity contribution in [1.82, 2.24) is 14.5 Å². The predicted molar refractivity (Wildman–Crippen MR) is 198 cm³/mol. The molecule has 1 atom stereocenters. The smallest absolute Gasteiger partial charge is 0.264 e. The Labute approximate surface area is 293 Å². The molecule has 11 heteroatoms. The van der Waals surface area contributed by atoms with E-state index in [0.29, 0.717) is 5.56 Å². The molecule has 0 unspecified atom stereocenters. The summed E-state index contributed by atoms with van der Waals surface area (Å²) >= 11 is 5.53. The summed E-state index contributed by atoms with van der Waals surface area (Å²) in [6, 6.07) is 22.7. The lowest BCUT2D eigenvalue weighted by molar-refractivity contribution is 0.0981. The average Bonchev–Trinajstić information content (AvgIpc) is 3.47. The molecule has 2 N–H and O–H groups in total. The topological polar surface area (TPSA) is 85.0 Å². The molecule has 1 aliphatic carbocycles. The molecule has 1 aliphatic heterocycles. The Morgan fingerprint density at radius 2 is 1.70 bits per heavy atom. The summed E-state index contributed by atoms with van der Waals surface area (Å²) in [5.74, 6) is 0.234. The van der Waals surface area contributed by atoms with Crippen LogP contribution >= 0.6 is 27.7 Å². The maximum absolute atomic E-state index is 13.2. The Morgan fingerprint density at radius 1 is 0.979 bits per heavy atom. The highest BCUT2D eigenvalue weighted by Crippen LogP contribution is 2.31. The van der Waals surface area contributed by atoms with Crippen LogP contribution in [0.4, 0.5) is 11.4 Å². The van der Waals surface area contributed by atoms with Crippen LogP contribution in [0.1, 0.15) is 41.6 Å². The fourth-order valence-electron chi connectivity index (χ4n) is 5.94. The van der Waals surface area contributed by atoms with Crippen molar-refractivity contribution >= 4 is 55.0 Å². The molecule has 2 aliphatic rings. The first-order valence-electron chi connectivity index (χ1n) is 16.3. The zero-order valence-corrected chi connectivity index (χ0v) is 30.8. The molecule has 0 spiro atoms. The van der Waals surface area contributed by atoms with E-state index in [-0.39, 0.29) is 10.9 Å². The summed E-state index contributed by atoms with van der Waals surface area (Å²) in [5.41, 5.74) is 4.56. The van der Waals surface area contributed by atoms with E-state index in [2.05, 4.69) is 66.9 Å². The number of anilines is 2. The molecule has 0 radical (unpaired) electrons. The Balaban J connectivity index is 1.16. The monoisotopic (exact) mass is 739 g/mol. The van der Waals surface area contributed by atoms with Crippen LogP contribution in [0.25, 0.3) is 0 Å². The molecule has 0 aromatic heterocycles. The summed E-state index contributed by atoms with van der Waals surface area (Å²) in [7, 11) is 0.0681. The van der Waals surface area contributed by atoms with Gasteiger partial charge in [-0.3, -0.25) is 9.69 Å². The van der Waals surface area contributed by atoms with E-state index in [9.17, 15) is 13.2 Å². The van der Waals surface area contributed by atoms with Crippen molar-refractivity contribution in [3.63, 3.8) is 0 Å². The van der Waals surface area contributed by atoms with E-state index >= 15 is 0 Å². The van der Waals surface area contributed by atoms with Crippen molar-refractivity contribution in [3.05, 3.63) is 94.0 Å². The van der Waals surface area contributed by atoms with Gasteiger partial charge in [-0.2, -0.15) is 0 Å². The highest BCUT2D eigenvalue weighted by atomic mass is 79.9. The van der Waals surface area contributed by atoms with Gasteiger partial charge in [-0.1, -0.05) is 34.1 Å². The van der Waals surface area contributed by atoms with E-state index < -0.39 is 15.9 Å². The lowest BCUT2D eigenvalue weighted by atomic mass is 10.1. The number of carbonyl (C=O) groups excluding carboxylic acids is 1. The summed E-state index contributed by atoms with van der Waals surface area (Å²) in [5, 5.41) is 3.63. The van der Waals surface area contributed by atoms with Gasteiger partial charge >= 0.3 is 0 Å². The van der Waals surface area contributed by atoms with Gasteiger partial charge in [0.1, 0.15) is 0 Å². The number of hydrogen-bond donors (Lipinski definition) is 2. The molecule has 3 aromatic rings. The van der Waals surface area contributed by atoms with Crippen molar-refractivity contribution in [1.29, 1.82) is 0 Å². The summed E-state index contributed by atoms with van der Waals surface area (Å²) < 4.78 is 30.1. The third kappa shape index (κ3) is 10.1. The maximum Gasteiger partial charge on any atom is 0.264 e. The molecule has 1 fully saturated rings. The summed E-state index contributed by atoms with van der Waals surface area (Å²) in [6.07, 6.45) is 4.53. The van der Waals surface area contributed by atoms with Crippen LogP contribution in [0, 0.1) is 6.92 Å². The van der Waals surface area contributed by atoms with Gasteiger partial charge in [0.25, 0.3) is 15.9 Å². The fourth-order valence-corrected chi connectivity index (χ4v) is 8.60. The van der Waals surface area contributed by atoms with Crippen LogP contribution in [0.15, 0.2) is 92.6 Å². The van der Waals surface area contributed by atoms with E-state index in [4.69, 9.17) is 0 Å². The minimum Gasteiger partial charge on any atom is -0.381 e. The van der Waals surface area contributed by atoms with Crippen molar-refractivity contribution in [2.75, 3.05) is 69.3 Å². The number of sulfonamides is 1. The van der Waals surface area contributed by atoms with Crippen LogP contribution in [0.3, 0.4) is 0 Å². The second-order valence-corrected chi connectivity index (χ2v) is 16.4. The molecular weight excluding hydrogens is 694 g/mol. The van der Waals surface area contributed by atoms with Gasteiger partial charge in [0, 0.05) is 66.4 Å². The molecule has 1 saturated heterocycles. The van der Waals surface area contributed by atoms with Crippen LogP contribution in [0.2, 0.25) is 0 Å². The number of hydrogen-bond acceptors (Lipinski definition) is 8. The molecule has 1 heterocycles. The van der Waals surface area contributed by atoms with Crippen LogP contribution in [-0.4, -0.2) is 89.3 Å². The van der Waals surface area contributed by atoms with Gasteiger partial charge in [-0.15, -0.1) is 11.8 Å². The molecule has 3 aromatic carbocycles. The molecule has 0 bridgehead atoms. The minimum absolute atomic E-state index is 0.0623. The number of benzene rings is 3. The average molecular weight is 741 g/mol. The largest absolute Gasteiger partial charge is 0.381 e. The van der Waals surface area contributed by atoms with Crippen molar-refractivity contribution in [3.8, 4) is 0 Å². The third-order valence-corrected chi connectivity index (χ3v) is 12.2. The Hall–Kier alpha value is -2.83. The zero-order chi connectivity index (χ0) is 33.4. The number of halogens is 1. The molecular formula is C36H46BrN5O3S2. The van der Waals surface area contributed by atoms with Crippen LogP contribution in [-0.2, 0) is 10.0 Å². The predicted octanol–water partition coefficient (Wildman–Crippen LogP) is 6.59. The second kappa shape index (κ2) is 16.5. The van der Waals surface area contributed by atoms with E-state index in [0.717, 1.165) is 74.8 Å². The number of allylic oxidation sites excluding steroid dienone is 1. The lowest BCUT2D eigenvalue weighted by Gasteiger charge is -2.36. The van der Waals surface area contributed by atoms with Crippen molar-refractivity contribution in [2.24, 2.45) is 0 Å². The summed E-state index contributed by atoms with van der Waals surface area (Å²) in [6.45, 7) is 7.66. The first-order chi connectivity index (χ1) is 22.6. The highest BCUT2D eigenvalue weighted by Gasteiger charge is 2.23. The van der Waals surface area contributed by atoms with Gasteiger partial charge < -0.3 is 15.1 Å². The Bertz CT molecular complexity index is 1640. The molecule has 0 saturated carbocycles. The van der Waals surface area contributed by atoms with Gasteiger partial charge in [0.15, 0.2) is 0 Å². The van der Waals surface area contributed by atoms with Crippen molar-refractivity contribution in [2.45, 2.75) is 48.4 Å². The quantitative estimate of drug-likeness (QED) is 0.179. The SMILES string of the molecule is Cc1cc(S(=O)(=O)NC(=O)c2ccc(N3CCN(CC4=C(Br)CCC4)CC3)cc2)ccc1N[C@H](CCN(C)C)CSc1ccccc1. The fraction of sp³-hybridized carbons (Fsp3) is 0.417. The van der Waals surface area contributed by atoms with Gasteiger partial charge in [-0.05, 0) is 123 Å². The number of nitrogens with zero attached hydrogens (tertiary/aromatic N) is 3. The number of nitrogens with one attached hydrogen (secondary N) is 2. The standard InChI is InChI=1S/C36H46BrN5O3S2/c1-27-24-33(16-17-35(27)38-30(18-19-40(2)3)26-46-32-9-5-4-6-10-32)47(44,45)39-36(43)28-12-14-31(15-13-28)42-22-20-41(21-23-42)25-29-8-7-11-34(29)37/h4-6,9-10,12-17,24,30,38H,7-8,11,18-23,25-26H2,1-3H3,(H,39,43)/t30-/m1/s1. The van der Waals surface area contributed by atoms with Crippen molar-refractivity contribution < 1.29 is 13.2 Å². The van der Waals surface area contributed by atoms with E-state index in [1.807, 2.05) is 37.3 Å². The Kier molecular flexibility index (Phi) is 12.5. The molecule has 8 nitrogen and oxygen atoms in total. The molecule has 47 heavy (non-hydrogen) atoms. The van der Waals surface area contributed by atoms with Gasteiger partial charge in [-0.25, -0.2) is 13.1 Å². The highest BCUT2D eigenvalue weighted by molar-refractivity contribution is 9.11. The van der Waals surface area contributed by atoms with Crippen LogP contribution in [0.5, 0.6) is 0 Å². The number of rotatable bonds is 14. The van der Waals surface area contributed by atoms with E-state index in [1.54, 1.807) is 42.1 Å². The van der Waals surface area contributed by atoms with E-state index in [1.165, 1.54) is 27.8 Å². The number of piperazine rings is 1. The minimum atomic E-state index is -4.05. The third-order valence-electron chi connectivity index (χ3n) is 8.75. The maximum atomic E-state index is 13.2. The summed E-state index contributed by atoms with van der Waals surface area (Å²) in [4.78, 5) is 21.3. The van der Waals surface area contributed by atoms with Gasteiger partial charge in [0.2, 0.25) is 0 Å². The Morgan fingerprint density at radius 3 is 2.34 bits per heavy atom. The molecule has 252 valence electrons. The molecule has 5 rings (SSSR count).